The highest BCUT2D eigenvalue weighted by molar-refractivity contribution is 3.90. The minimum absolute atomic E-state index is 0.0828. The first-order chi connectivity index (χ1) is 3.41. The summed E-state index contributed by atoms with van der Waals surface area (Å²) in [6, 6.07) is 0. The van der Waals surface area contributed by atoms with Gasteiger partial charge in [-0.2, -0.15) is 0 Å². The van der Waals surface area contributed by atoms with Crippen molar-refractivity contribution >= 4 is 0 Å². The molecule has 0 bridgehead atoms. The van der Waals surface area contributed by atoms with Crippen molar-refractivity contribution in [3.63, 3.8) is 0 Å². The largest absolute Gasteiger partial charge is 0.324 e. The third-order valence-corrected chi connectivity index (χ3v) is 0.287. The SMILES string of the molecule is NOCOCOO. The Hall–Kier alpha value is -0.200. The molecule has 44 valence electrons. The van der Waals surface area contributed by atoms with E-state index >= 15 is 0 Å². The Balaban J connectivity index is 2.45. The van der Waals surface area contributed by atoms with E-state index in [9.17, 15) is 0 Å². The van der Waals surface area contributed by atoms with Crippen LogP contribution in [0, 0.1) is 0 Å². The maximum atomic E-state index is 7.57. The monoisotopic (exact) mass is 109 g/mol. The highest BCUT2D eigenvalue weighted by Gasteiger charge is 1.78. The van der Waals surface area contributed by atoms with Crippen LogP contribution in [0.2, 0.25) is 0 Å². The van der Waals surface area contributed by atoms with E-state index in [2.05, 4.69) is 20.4 Å². The van der Waals surface area contributed by atoms with Crippen molar-refractivity contribution < 1.29 is 19.7 Å². The van der Waals surface area contributed by atoms with Crippen LogP contribution < -0.4 is 5.90 Å². The molecule has 0 aromatic carbocycles. The maximum Gasteiger partial charge on any atom is 0.183 e. The van der Waals surface area contributed by atoms with E-state index in [1.807, 2.05) is 0 Å². The number of nitrogens with two attached hydrogens (primary N) is 1. The lowest BCUT2D eigenvalue weighted by atomic mass is 11.4. The fraction of sp³-hybridized carbons (Fsp3) is 1.00. The van der Waals surface area contributed by atoms with Crippen LogP contribution in [0.4, 0.5) is 0 Å². The van der Waals surface area contributed by atoms with E-state index in [1.54, 1.807) is 0 Å². The van der Waals surface area contributed by atoms with E-state index in [-0.39, 0.29) is 13.6 Å². The molecule has 0 saturated heterocycles. The Labute approximate surface area is 40.5 Å². The van der Waals surface area contributed by atoms with Crippen molar-refractivity contribution in [1.82, 2.24) is 0 Å². The standard InChI is InChI=1S/C2H7NO4/c3-6-1-5-2-7-4/h4H,1-3H2. The third-order valence-electron chi connectivity index (χ3n) is 0.287. The van der Waals surface area contributed by atoms with Crippen molar-refractivity contribution in [1.29, 1.82) is 0 Å². The van der Waals surface area contributed by atoms with E-state index in [1.165, 1.54) is 0 Å². The summed E-state index contributed by atoms with van der Waals surface area (Å²) in [4.78, 5) is 7.42. The molecule has 0 aliphatic rings. The van der Waals surface area contributed by atoms with Gasteiger partial charge < -0.3 is 4.74 Å². The van der Waals surface area contributed by atoms with Crippen LogP contribution in [0.15, 0.2) is 0 Å². The number of hydrogen-bond acceptors (Lipinski definition) is 5. The van der Waals surface area contributed by atoms with Crippen molar-refractivity contribution in [2.75, 3.05) is 13.6 Å². The number of hydrogen-bond donors (Lipinski definition) is 2. The van der Waals surface area contributed by atoms with Crippen molar-refractivity contribution in [3.05, 3.63) is 0 Å². The summed E-state index contributed by atoms with van der Waals surface area (Å²) >= 11 is 0. The van der Waals surface area contributed by atoms with Gasteiger partial charge in [-0.15, -0.1) is 0 Å². The van der Waals surface area contributed by atoms with Gasteiger partial charge in [-0.25, -0.2) is 16.0 Å². The van der Waals surface area contributed by atoms with Crippen LogP contribution >= 0.6 is 0 Å². The lowest BCUT2D eigenvalue weighted by Gasteiger charge is -1.95. The van der Waals surface area contributed by atoms with Gasteiger partial charge in [0.2, 0.25) is 0 Å². The minimum Gasteiger partial charge on any atom is -0.324 e. The average Bonchev–Trinajstić information content (AvgIpc) is 1.69. The van der Waals surface area contributed by atoms with Crippen LogP contribution in [0.5, 0.6) is 0 Å². The summed E-state index contributed by atoms with van der Waals surface area (Å²) in [6.07, 6.45) is 0. The molecule has 0 rings (SSSR count). The van der Waals surface area contributed by atoms with E-state index in [0.29, 0.717) is 0 Å². The Morgan fingerprint density at radius 3 is 2.57 bits per heavy atom. The van der Waals surface area contributed by atoms with Gasteiger partial charge in [0.15, 0.2) is 13.6 Å². The first-order valence-electron chi connectivity index (χ1n) is 1.57. The first-order valence-corrected chi connectivity index (χ1v) is 1.57. The van der Waals surface area contributed by atoms with Gasteiger partial charge in [-0.05, 0) is 0 Å². The second kappa shape index (κ2) is 5.80. The smallest absolute Gasteiger partial charge is 0.183 e. The van der Waals surface area contributed by atoms with Crippen LogP contribution in [0.25, 0.3) is 0 Å². The summed E-state index contributed by atoms with van der Waals surface area (Å²) in [6.45, 7) is -0.308. The molecular formula is C2H7NO4. The fourth-order valence-corrected chi connectivity index (χ4v) is 0.119. The maximum absolute atomic E-state index is 7.57. The van der Waals surface area contributed by atoms with Gasteiger partial charge in [-0.1, -0.05) is 0 Å². The molecule has 0 spiro atoms. The molecule has 0 amide bonds. The molecule has 0 aromatic rings. The zero-order valence-corrected chi connectivity index (χ0v) is 3.66. The quantitative estimate of drug-likeness (QED) is 0.216. The molecule has 0 saturated carbocycles. The van der Waals surface area contributed by atoms with Crippen LogP contribution in [-0.4, -0.2) is 18.8 Å². The highest BCUT2D eigenvalue weighted by atomic mass is 17.1. The molecule has 5 heteroatoms. The predicted octanol–water partition coefficient (Wildman–Crippen LogP) is -0.702. The summed E-state index contributed by atoms with van der Waals surface area (Å²) < 4.78 is 4.31. The molecule has 0 fully saturated rings. The Morgan fingerprint density at radius 2 is 2.14 bits per heavy atom. The van der Waals surface area contributed by atoms with Gasteiger partial charge >= 0.3 is 0 Å². The number of ether oxygens (including phenoxy) is 1. The molecule has 0 aliphatic heterocycles. The fourth-order valence-electron chi connectivity index (χ4n) is 0.119. The van der Waals surface area contributed by atoms with Gasteiger partial charge in [0, 0.05) is 0 Å². The van der Waals surface area contributed by atoms with E-state index in [0.717, 1.165) is 0 Å². The molecule has 0 atom stereocenters. The molecule has 0 aliphatic carbocycles. The van der Waals surface area contributed by atoms with E-state index < -0.39 is 0 Å². The van der Waals surface area contributed by atoms with E-state index in [4.69, 9.17) is 5.26 Å². The van der Waals surface area contributed by atoms with Crippen molar-refractivity contribution in [2.45, 2.75) is 0 Å². The molecule has 7 heavy (non-hydrogen) atoms. The zero-order chi connectivity index (χ0) is 5.54. The third kappa shape index (κ3) is 5.80. The minimum atomic E-state index is -0.225. The lowest BCUT2D eigenvalue weighted by Crippen LogP contribution is -2.06. The first kappa shape index (κ1) is 6.80. The normalized spacial score (nSPS) is 9.43. The second-order valence-electron chi connectivity index (χ2n) is 0.736. The molecule has 0 heterocycles. The molecule has 0 radical (unpaired) electrons. The van der Waals surface area contributed by atoms with Gasteiger partial charge in [-0.3, -0.25) is 4.84 Å². The van der Waals surface area contributed by atoms with Gasteiger partial charge in [0.1, 0.15) is 0 Å². The lowest BCUT2D eigenvalue weighted by molar-refractivity contribution is -0.308. The Morgan fingerprint density at radius 1 is 1.43 bits per heavy atom. The van der Waals surface area contributed by atoms with Gasteiger partial charge in [0.25, 0.3) is 0 Å². The van der Waals surface area contributed by atoms with Gasteiger partial charge in [0.05, 0.1) is 0 Å². The molecule has 3 N–H and O–H groups in total. The predicted molar refractivity (Wildman–Crippen MR) is 19.8 cm³/mol. The van der Waals surface area contributed by atoms with Crippen LogP contribution in [0.3, 0.4) is 0 Å². The zero-order valence-electron chi connectivity index (χ0n) is 3.66. The molecular weight excluding hydrogens is 102 g/mol. The summed E-state index contributed by atoms with van der Waals surface area (Å²) in [7, 11) is 0. The van der Waals surface area contributed by atoms with Crippen molar-refractivity contribution in [3.8, 4) is 0 Å². The Kier molecular flexibility index (Phi) is 5.63. The molecule has 5 nitrogen and oxygen atoms in total. The average molecular weight is 109 g/mol. The summed E-state index contributed by atoms with van der Waals surface area (Å²) in [5.74, 6) is 4.51. The highest BCUT2D eigenvalue weighted by Crippen LogP contribution is 1.69. The van der Waals surface area contributed by atoms with Crippen molar-refractivity contribution in [2.24, 2.45) is 5.90 Å². The van der Waals surface area contributed by atoms with Crippen LogP contribution in [-0.2, 0) is 14.5 Å². The summed E-state index contributed by atoms with van der Waals surface area (Å²) in [5.41, 5.74) is 0. The topological polar surface area (TPSA) is 73.9 Å². The number of rotatable bonds is 4. The summed E-state index contributed by atoms with van der Waals surface area (Å²) in [5, 5.41) is 7.57. The van der Waals surface area contributed by atoms with Crippen LogP contribution in [0.1, 0.15) is 0 Å². The molecule has 0 aromatic heterocycles. The second-order valence-corrected chi connectivity index (χ2v) is 0.736. The Bertz CT molecular complexity index is 28.9. The molecule has 0 unspecified atom stereocenters.